The Morgan fingerprint density at radius 1 is 1.16 bits per heavy atom. The Bertz CT molecular complexity index is 1230. The van der Waals surface area contributed by atoms with Crippen LogP contribution in [-0.4, -0.2) is 43.4 Å². The Labute approximate surface area is 188 Å². The average Bonchev–Trinajstić information content (AvgIpc) is 3.53. The number of H-pyrrole nitrogens is 1. The van der Waals surface area contributed by atoms with Gasteiger partial charge in [0, 0.05) is 42.7 Å². The third-order valence-corrected chi connectivity index (χ3v) is 6.60. The molecule has 0 radical (unpaired) electrons. The minimum atomic E-state index is 0.261. The smallest absolute Gasteiger partial charge is 0.223 e. The second-order valence-corrected chi connectivity index (χ2v) is 9.07. The highest BCUT2D eigenvalue weighted by Crippen LogP contribution is 2.28. The number of hydrogen-bond acceptors (Lipinski definition) is 3. The minimum absolute atomic E-state index is 0.261. The fraction of sp³-hybridized carbons (Fsp3) is 0.346. The summed E-state index contributed by atoms with van der Waals surface area (Å²) in [6, 6.07) is 15.1. The van der Waals surface area contributed by atoms with Crippen molar-refractivity contribution in [3.05, 3.63) is 72.2 Å². The Kier molecular flexibility index (Phi) is 5.52. The molecule has 1 amide bonds. The highest BCUT2D eigenvalue weighted by Gasteiger charge is 2.32. The predicted octanol–water partition coefficient (Wildman–Crippen LogP) is 4.60. The van der Waals surface area contributed by atoms with Gasteiger partial charge in [-0.3, -0.25) is 14.6 Å². The second-order valence-electron chi connectivity index (χ2n) is 9.07. The van der Waals surface area contributed by atoms with Crippen molar-refractivity contribution in [2.45, 2.75) is 45.7 Å². The lowest BCUT2D eigenvalue weighted by atomic mass is 10.1. The van der Waals surface area contributed by atoms with Crippen LogP contribution >= 0.6 is 0 Å². The summed E-state index contributed by atoms with van der Waals surface area (Å²) in [5, 5.41) is 12.7. The predicted molar refractivity (Wildman–Crippen MR) is 126 cm³/mol. The maximum absolute atomic E-state index is 12.9. The number of aromatic nitrogens is 4. The first-order chi connectivity index (χ1) is 15.6. The number of rotatable bonds is 6. The van der Waals surface area contributed by atoms with Gasteiger partial charge in [-0.1, -0.05) is 35.9 Å². The molecule has 2 aromatic heterocycles. The molecule has 0 bridgehead atoms. The van der Waals surface area contributed by atoms with Gasteiger partial charge in [0.15, 0.2) is 0 Å². The molecule has 1 aliphatic rings. The maximum atomic E-state index is 12.9. The van der Waals surface area contributed by atoms with E-state index in [0.29, 0.717) is 12.3 Å². The summed E-state index contributed by atoms with van der Waals surface area (Å²) in [4.78, 5) is 15.0. The van der Waals surface area contributed by atoms with E-state index in [9.17, 15) is 4.79 Å². The summed E-state index contributed by atoms with van der Waals surface area (Å²) >= 11 is 0. The van der Waals surface area contributed by atoms with Crippen molar-refractivity contribution in [3.8, 4) is 11.1 Å². The molecule has 2 atom stereocenters. The first kappa shape index (κ1) is 20.5. The quantitative estimate of drug-likeness (QED) is 0.489. The van der Waals surface area contributed by atoms with Crippen LogP contribution in [0.15, 0.2) is 61.1 Å². The van der Waals surface area contributed by atoms with Crippen LogP contribution in [-0.2, 0) is 17.8 Å². The summed E-state index contributed by atoms with van der Waals surface area (Å²) in [6.45, 7) is 5.90. The van der Waals surface area contributed by atoms with E-state index in [4.69, 9.17) is 0 Å². The summed E-state index contributed by atoms with van der Waals surface area (Å²) < 4.78 is 2.09. The fourth-order valence-corrected chi connectivity index (χ4v) is 4.95. The topological polar surface area (TPSA) is 66.8 Å². The van der Waals surface area contributed by atoms with Crippen LogP contribution in [0.1, 0.15) is 30.9 Å². The molecular formula is C26H29N5O. The van der Waals surface area contributed by atoms with Crippen molar-refractivity contribution in [1.82, 2.24) is 24.9 Å². The number of likely N-dealkylation sites (tertiary alicyclic amines) is 1. The molecule has 0 spiro atoms. The first-order valence-electron chi connectivity index (χ1n) is 11.4. The molecule has 1 aliphatic heterocycles. The number of carbonyl (C=O) groups is 1. The van der Waals surface area contributed by atoms with Crippen molar-refractivity contribution < 1.29 is 4.79 Å². The first-order valence-corrected chi connectivity index (χ1v) is 11.4. The number of aromatic amines is 1. The minimum Gasteiger partial charge on any atom is -0.340 e. The molecule has 32 heavy (non-hydrogen) atoms. The van der Waals surface area contributed by atoms with Gasteiger partial charge in [-0.25, -0.2) is 0 Å². The Hall–Kier alpha value is -3.41. The van der Waals surface area contributed by atoms with Gasteiger partial charge in [0.25, 0.3) is 0 Å². The molecule has 5 rings (SSSR count). The van der Waals surface area contributed by atoms with Gasteiger partial charge in [0.2, 0.25) is 5.91 Å². The van der Waals surface area contributed by atoms with E-state index in [1.54, 1.807) is 0 Å². The van der Waals surface area contributed by atoms with E-state index in [1.165, 1.54) is 11.1 Å². The monoisotopic (exact) mass is 427 g/mol. The van der Waals surface area contributed by atoms with Crippen molar-refractivity contribution in [1.29, 1.82) is 0 Å². The van der Waals surface area contributed by atoms with Crippen LogP contribution in [0.4, 0.5) is 0 Å². The van der Waals surface area contributed by atoms with Gasteiger partial charge in [-0.05, 0) is 55.9 Å². The molecule has 1 saturated heterocycles. The van der Waals surface area contributed by atoms with Crippen LogP contribution in [0.5, 0.6) is 0 Å². The molecule has 6 nitrogen and oxygen atoms in total. The number of carbonyl (C=O) groups excluding carboxylic acids is 1. The van der Waals surface area contributed by atoms with E-state index >= 15 is 0 Å². The van der Waals surface area contributed by atoms with Gasteiger partial charge in [0.05, 0.1) is 17.9 Å². The van der Waals surface area contributed by atoms with E-state index in [0.717, 1.165) is 48.0 Å². The number of nitrogens with one attached hydrogen (secondary N) is 1. The highest BCUT2D eigenvalue weighted by molar-refractivity contribution is 5.84. The number of hydrogen-bond donors (Lipinski definition) is 1. The lowest BCUT2D eigenvalue weighted by Crippen LogP contribution is -2.34. The van der Waals surface area contributed by atoms with Crippen LogP contribution in [0.2, 0.25) is 0 Å². The molecule has 1 fully saturated rings. The maximum Gasteiger partial charge on any atom is 0.223 e. The molecule has 0 saturated carbocycles. The summed E-state index contributed by atoms with van der Waals surface area (Å²) in [6.07, 6.45) is 8.05. The van der Waals surface area contributed by atoms with E-state index < -0.39 is 0 Å². The standard InChI is InChI=1S/C26H29N5O/c1-18-4-3-5-20(10-18)6-9-26(32)30-16-21(11-19(30)2)17-31-25-8-7-22(12-23(25)15-29-31)24-13-27-28-14-24/h3-5,7-8,10,12-15,19,21H,6,9,11,16-17H2,1-2H3,(H,27,28)/t19-,21+/m1/s1. The Balaban J connectivity index is 1.23. The molecule has 164 valence electrons. The average molecular weight is 428 g/mol. The van der Waals surface area contributed by atoms with Crippen LogP contribution < -0.4 is 0 Å². The molecule has 1 N–H and O–H groups in total. The van der Waals surface area contributed by atoms with Gasteiger partial charge < -0.3 is 4.90 Å². The summed E-state index contributed by atoms with van der Waals surface area (Å²) in [5.41, 5.74) is 5.82. The van der Waals surface area contributed by atoms with Crippen LogP contribution in [0.25, 0.3) is 22.0 Å². The van der Waals surface area contributed by atoms with Crippen molar-refractivity contribution in [3.63, 3.8) is 0 Å². The van der Waals surface area contributed by atoms with Crippen molar-refractivity contribution in [2.24, 2.45) is 5.92 Å². The number of aryl methyl sites for hydroxylation is 2. The van der Waals surface area contributed by atoms with E-state index in [-0.39, 0.29) is 11.9 Å². The normalized spacial score (nSPS) is 18.5. The van der Waals surface area contributed by atoms with Gasteiger partial charge in [-0.15, -0.1) is 0 Å². The lowest BCUT2D eigenvalue weighted by Gasteiger charge is -2.21. The van der Waals surface area contributed by atoms with Crippen LogP contribution in [0.3, 0.4) is 0 Å². The second kappa shape index (κ2) is 8.61. The molecular weight excluding hydrogens is 398 g/mol. The third kappa shape index (κ3) is 4.17. The number of nitrogens with zero attached hydrogens (tertiary/aromatic N) is 4. The Morgan fingerprint density at radius 2 is 2.06 bits per heavy atom. The zero-order chi connectivity index (χ0) is 22.1. The molecule has 3 heterocycles. The molecule has 6 heteroatoms. The van der Waals surface area contributed by atoms with E-state index in [1.807, 2.05) is 18.6 Å². The zero-order valence-electron chi connectivity index (χ0n) is 18.7. The third-order valence-electron chi connectivity index (χ3n) is 6.60. The van der Waals surface area contributed by atoms with E-state index in [2.05, 4.69) is 81.2 Å². The molecule has 2 aromatic carbocycles. The number of fused-ring (bicyclic) bond motifs is 1. The summed E-state index contributed by atoms with van der Waals surface area (Å²) in [5.74, 6) is 0.682. The number of amides is 1. The van der Waals surface area contributed by atoms with Gasteiger partial charge in [-0.2, -0.15) is 10.2 Å². The zero-order valence-corrected chi connectivity index (χ0v) is 18.7. The van der Waals surface area contributed by atoms with Crippen molar-refractivity contribution >= 4 is 16.8 Å². The highest BCUT2D eigenvalue weighted by atomic mass is 16.2. The largest absolute Gasteiger partial charge is 0.340 e. The van der Waals surface area contributed by atoms with Crippen LogP contribution in [0, 0.1) is 12.8 Å². The van der Waals surface area contributed by atoms with Gasteiger partial charge >= 0.3 is 0 Å². The molecule has 4 aromatic rings. The van der Waals surface area contributed by atoms with Gasteiger partial charge in [0.1, 0.15) is 0 Å². The lowest BCUT2D eigenvalue weighted by molar-refractivity contribution is -0.131. The summed E-state index contributed by atoms with van der Waals surface area (Å²) in [7, 11) is 0. The van der Waals surface area contributed by atoms with Crippen molar-refractivity contribution in [2.75, 3.05) is 6.54 Å². The molecule has 0 unspecified atom stereocenters. The Morgan fingerprint density at radius 3 is 2.88 bits per heavy atom. The SMILES string of the molecule is Cc1cccc(CCC(=O)N2C[C@@H](Cn3ncc4cc(-c5cn[nH]c5)ccc43)C[C@H]2C)c1. The fourth-order valence-electron chi connectivity index (χ4n) is 4.95. The number of benzene rings is 2. The molecule has 0 aliphatic carbocycles.